The summed E-state index contributed by atoms with van der Waals surface area (Å²) in [6.07, 6.45) is -0.417. The minimum Gasteiger partial charge on any atom is -0.478 e. The lowest BCUT2D eigenvalue weighted by Crippen LogP contribution is -2.18. The van der Waals surface area contributed by atoms with Gasteiger partial charge in [0.2, 0.25) is 0 Å². The molecular formula is C17H10F3NO3S2. The first-order valence-electron chi connectivity index (χ1n) is 7.14. The van der Waals surface area contributed by atoms with Gasteiger partial charge in [-0.3, -0.25) is 4.79 Å². The number of hydrogen-bond acceptors (Lipinski definition) is 4. The van der Waals surface area contributed by atoms with Crippen LogP contribution in [0.3, 0.4) is 0 Å². The van der Waals surface area contributed by atoms with Gasteiger partial charge in [0, 0.05) is 15.8 Å². The van der Waals surface area contributed by atoms with E-state index < -0.39 is 23.6 Å². The van der Waals surface area contributed by atoms with Gasteiger partial charge in [-0.25, -0.2) is 4.79 Å². The van der Waals surface area contributed by atoms with Crippen LogP contribution in [0.4, 0.5) is 18.9 Å². The maximum Gasteiger partial charge on any atom is 0.416 e. The van der Waals surface area contributed by atoms with E-state index in [0.717, 1.165) is 34.8 Å². The highest BCUT2D eigenvalue weighted by molar-refractivity contribution is 8.04. The van der Waals surface area contributed by atoms with Crippen LogP contribution in [-0.4, -0.2) is 17.0 Å². The summed E-state index contributed by atoms with van der Waals surface area (Å²) in [6.45, 7) is 0. The summed E-state index contributed by atoms with van der Waals surface area (Å²) in [5, 5.41) is 12.8. The third-order valence-corrected chi connectivity index (χ3v) is 5.33. The van der Waals surface area contributed by atoms with Crippen LogP contribution in [0, 0.1) is 0 Å². The number of anilines is 1. The van der Waals surface area contributed by atoms with E-state index in [9.17, 15) is 22.8 Å². The summed E-state index contributed by atoms with van der Waals surface area (Å²) >= 11 is 2.40. The Morgan fingerprint density at radius 2 is 2.00 bits per heavy atom. The van der Waals surface area contributed by atoms with Crippen molar-refractivity contribution in [2.75, 3.05) is 5.32 Å². The van der Waals surface area contributed by atoms with Crippen LogP contribution in [0.25, 0.3) is 12.2 Å². The van der Waals surface area contributed by atoms with Crippen LogP contribution in [0.15, 0.2) is 45.5 Å². The average molecular weight is 397 g/mol. The van der Waals surface area contributed by atoms with Gasteiger partial charge in [0.15, 0.2) is 0 Å². The summed E-state index contributed by atoms with van der Waals surface area (Å²) in [5.41, 5.74) is -0.0124. The Balaban J connectivity index is 1.84. The predicted molar refractivity (Wildman–Crippen MR) is 94.9 cm³/mol. The zero-order chi connectivity index (χ0) is 18.9. The predicted octanol–water partition coefficient (Wildman–Crippen LogP) is 4.95. The Bertz CT molecular complexity index is 945. The van der Waals surface area contributed by atoms with Gasteiger partial charge in [0.25, 0.3) is 5.91 Å². The monoisotopic (exact) mass is 397 g/mol. The SMILES string of the molecule is O=C(O)/C=C/c1csc(C=C2Sc3ccc(C(F)(F)F)cc3NC2=O)c1. The standard InChI is InChI=1S/C17H10F3NO3S2/c18-17(19,20)10-2-3-13-12(6-10)21-16(24)14(26-13)7-11-5-9(8-25-11)1-4-15(22)23/h1-8H,(H,21,24)(H,22,23)/b4-1+,14-7?. The molecule has 0 bridgehead atoms. The van der Waals surface area contributed by atoms with Crippen LogP contribution in [0.2, 0.25) is 0 Å². The third kappa shape index (κ3) is 4.17. The highest BCUT2D eigenvalue weighted by atomic mass is 32.2. The maximum absolute atomic E-state index is 12.8. The fourth-order valence-corrected chi connectivity index (χ4v) is 3.97. The lowest BCUT2D eigenvalue weighted by molar-refractivity contribution is -0.137. The van der Waals surface area contributed by atoms with Crippen molar-refractivity contribution in [1.29, 1.82) is 0 Å². The summed E-state index contributed by atoms with van der Waals surface area (Å²) in [7, 11) is 0. The summed E-state index contributed by atoms with van der Waals surface area (Å²) < 4.78 is 38.3. The number of halogens is 3. The van der Waals surface area contributed by atoms with E-state index in [-0.39, 0.29) is 5.69 Å². The van der Waals surface area contributed by atoms with Crippen molar-refractivity contribution >= 4 is 52.8 Å². The Labute approximate surface area is 154 Å². The van der Waals surface area contributed by atoms with E-state index in [1.165, 1.54) is 23.5 Å². The largest absolute Gasteiger partial charge is 0.478 e. The van der Waals surface area contributed by atoms with Gasteiger partial charge in [-0.2, -0.15) is 13.2 Å². The van der Waals surface area contributed by atoms with Crippen molar-refractivity contribution in [3.05, 3.63) is 56.6 Å². The number of carboxylic acids is 1. The lowest BCUT2D eigenvalue weighted by Gasteiger charge is -2.20. The summed E-state index contributed by atoms with van der Waals surface area (Å²) in [6, 6.07) is 4.93. The second-order valence-corrected chi connectivity index (χ2v) is 7.25. The number of carbonyl (C=O) groups is 2. The van der Waals surface area contributed by atoms with Crippen LogP contribution in [0.5, 0.6) is 0 Å². The molecule has 1 aromatic carbocycles. The van der Waals surface area contributed by atoms with Gasteiger partial charge < -0.3 is 10.4 Å². The molecule has 0 unspecified atom stereocenters. The molecule has 0 aliphatic carbocycles. The Hall–Kier alpha value is -2.52. The molecule has 0 radical (unpaired) electrons. The summed E-state index contributed by atoms with van der Waals surface area (Å²) in [4.78, 5) is 24.3. The topological polar surface area (TPSA) is 66.4 Å². The van der Waals surface area contributed by atoms with Gasteiger partial charge in [0.05, 0.1) is 16.2 Å². The van der Waals surface area contributed by atoms with E-state index in [4.69, 9.17) is 5.11 Å². The van der Waals surface area contributed by atoms with Gasteiger partial charge >= 0.3 is 12.1 Å². The number of hydrogen-bond donors (Lipinski definition) is 2. The lowest BCUT2D eigenvalue weighted by atomic mass is 10.2. The van der Waals surface area contributed by atoms with Crippen LogP contribution >= 0.6 is 23.1 Å². The highest BCUT2D eigenvalue weighted by Crippen LogP contribution is 2.42. The first-order chi connectivity index (χ1) is 12.2. The molecule has 2 aromatic rings. The van der Waals surface area contributed by atoms with Crippen LogP contribution in [-0.2, 0) is 15.8 Å². The second-order valence-electron chi connectivity index (χ2n) is 5.23. The number of rotatable bonds is 3. The van der Waals surface area contributed by atoms with Gasteiger partial charge in [-0.1, -0.05) is 11.8 Å². The molecule has 0 saturated heterocycles. The number of carbonyl (C=O) groups excluding carboxylic acids is 1. The van der Waals surface area contributed by atoms with Crippen molar-refractivity contribution in [2.24, 2.45) is 0 Å². The second kappa shape index (κ2) is 7.00. The smallest absolute Gasteiger partial charge is 0.416 e. The summed E-state index contributed by atoms with van der Waals surface area (Å²) in [5.74, 6) is -1.55. The number of aliphatic carboxylic acids is 1. The number of carboxylic acid groups (broad SMARTS) is 1. The van der Waals surface area contributed by atoms with Crippen molar-refractivity contribution in [3.63, 3.8) is 0 Å². The van der Waals surface area contributed by atoms with E-state index in [0.29, 0.717) is 15.4 Å². The first-order valence-corrected chi connectivity index (χ1v) is 8.84. The molecule has 26 heavy (non-hydrogen) atoms. The fourth-order valence-electron chi connectivity index (χ4n) is 2.16. The van der Waals surface area contributed by atoms with Crippen molar-refractivity contribution < 1.29 is 27.9 Å². The van der Waals surface area contributed by atoms with Crippen LogP contribution in [0.1, 0.15) is 16.0 Å². The van der Waals surface area contributed by atoms with E-state index in [2.05, 4.69) is 5.32 Å². The van der Waals surface area contributed by atoms with Crippen LogP contribution < -0.4 is 5.32 Å². The molecule has 0 atom stereocenters. The number of alkyl halides is 3. The number of thioether (sulfide) groups is 1. The van der Waals surface area contributed by atoms with Crippen molar-refractivity contribution in [3.8, 4) is 0 Å². The molecule has 3 rings (SSSR count). The van der Waals surface area contributed by atoms with Crippen molar-refractivity contribution in [1.82, 2.24) is 0 Å². The van der Waals surface area contributed by atoms with Gasteiger partial charge in [-0.15, -0.1) is 11.3 Å². The molecular weight excluding hydrogens is 387 g/mol. The molecule has 1 aromatic heterocycles. The molecule has 1 aliphatic heterocycles. The third-order valence-electron chi connectivity index (χ3n) is 3.33. The minimum atomic E-state index is -4.47. The number of nitrogens with one attached hydrogen (secondary N) is 1. The average Bonchev–Trinajstić information content (AvgIpc) is 3.00. The minimum absolute atomic E-state index is 0.128. The molecule has 1 amide bonds. The number of fused-ring (bicyclic) bond motifs is 1. The maximum atomic E-state index is 12.8. The first kappa shape index (κ1) is 18.3. The van der Waals surface area contributed by atoms with E-state index in [1.807, 2.05) is 0 Å². The molecule has 0 saturated carbocycles. The molecule has 2 heterocycles. The number of amides is 1. The molecule has 134 valence electrons. The molecule has 9 heteroatoms. The van der Waals surface area contributed by atoms with E-state index >= 15 is 0 Å². The molecule has 4 nitrogen and oxygen atoms in total. The Morgan fingerprint density at radius 1 is 1.23 bits per heavy atom. The fraction of sp³-hybridized carbons (Fsp3) is 0.0588. The number of benzene rings is 1. The van der Waals surface area contributed by atoms with Gasteiger partial charge in [0.1, 0.15) is 0 Å². The number of thiophene rings is 1. The van der Waals surface area contributed by atoms with Crippen molar-refractivity contribution in [2.45, 2.75) is 11.1 Å². The van der Waals surface area contributed by atoms with E-state index in [1.54, 1.807) is 17.5 Å². The molecule has 0 fully saturated rings. The quantitative estimate of drug-likeness (QED) is 0.720. The Kier molecular flexibility index (Phi) is 4.92. The zero-order valence-corrected chi connectivity index (χ0v) is 14.5. The zero-order valence-electron chi connectivity index (χ0n) is 12.8. The highest BCUT2D eigenvalue weighted by Gasteiger charge is 2.32. The molecule has 0 spiro atoms. The molecule has 2 N–H and O–H groups in total. The molecule has 1 aliphatic rings. The normalized spacial score (nSPS) is 16.0. The Morgan fingerprint density at radius 3 is 2.69 bits per heavy atom. The van der Waals surface area contributed by atoms with Gasteiger partial charge in [-0.05, 0) is 47.4 Å².